The molecule has 0 bridgehead atoms. The van der Waals surface area contributed by atoms with Crippen LogP contribution in [0, 0.1) is 5.41 Å². The molecular weight excluding hydrogens is 236 g/mol. The van der Waals surface area contributed by atoms with Crippen LogP contribution in [0.25, 0.3) is 0 Å². The minimum atomic E-state index is 0.431. The highest BCUT2D eigenvalue weighted by Crippen LogP contribution is 2.33. The van der Waals surface area contributed by atoms with E-state index in [1.165, 1.54) is 44.5 Å². The topological polar surface area (TPSA) is 33.1 Å². The van der Waals surface area contributed by atoms with Crippen molar-refractivity contribution in [3.8, 4) is 0 Å². The van der Waals surface area contributed by atoms with Crippen molar-refractivity contribution in [1.82, 2.24) is 19.8 Å². The van der Waals surface area contributed by atoms with Gasteiger partial charge in [-0.2, -0.15) is 0 Å². The Morgan fingerprint density at radius 3 is 2.89 bits per heavy atom. The molecule has 0 aliphatic carbocycles. The first-order valence-corrected chi connectivity index (χ1v) is 7.58. The number of likely N-dealkylation sites (tertiary alicyclic amines) is 1. The number of hydrogen-bond acceptors (Lipinski definition) is 3. The highest BCUT2D eigenvalue weighted by Gasteiger charge is 2.30. The van der Waals surface area contributed by atoms with Crippen LogP contribution in [0.4, 0.5) is 0 Å². The van der Waals surface area contributed by atoms with Crippen molar-refractivity contribution in [1.29, 1.82) is 0 Å². The number of hydrogen-bond donors (Lipinski definition) is 1. The zero-order valence-corrected chi connectivity index (χ0v) is 12.2. The summed E-state index contributed by atoms with van der Waals surface area (Å²) in [5.74, 6) is 0. The van der Waals surface area contributed by atoms with Crippen LogP contribution in [0.3, 0.4) is 0 Å². The smallest absolute Gasteiger partial charge is 0.0948 e. The second-order valence-corrected chi connectivity index (χ2v) is 6.71. The molecule has 106 valence electrons. The van der Waals surface area contributed by atoms with Crippen molar-refractivity contribution in [3.63, 3.8) is 0 Å². The fourth-order valence-electron chi connectivity index (χ4n) is 3.42. The van der Waals surface area contributed by atoms with Crippen molar-refractivity contribution in [2.24, 2.45) is 5.41 Å². The SMILES string of the molecule is CN1CCC(C)(Cn2cncc2[C@@H]2CCCN2)CC1. The van der Waals surface area contributed by atoms with Gasteiger partial charge in [-0.3, -0.25) is 0 Å². The van der Waals surface area contributed by atoms with Crippen molar-refractivity contribution >= 4 is 0 Å². The van der Waals surface area contributed by atoms with Crippen molar-refractivity contribution in [3.05, 3.63) is 18.2 Å². The Morgan fingerprint density at radius 2 is 2.21 bits per heavy atom. The van der Waals surface area contributed by atoms with Crippen molar-refractivity contribution in [2.45, 2.75) is 45.2 Å². The second kappa shape index (κ2) is 5.25. The second-order valence-electron chi connectivity index (χ2n) is 6.71. The maximum Gasteiger partial charge on any atom is 0.0948 e. The molecule has 1 aromatic rings. The Morgan fingerprint density at radius 1 is 1.42 bits per heavy atom. The zero-order chi connectivity index (χ0) is 13.3. The molecule has 1 aromatic heterocycles. The lowest BCUT2D eigenvalue weighted by Gasteiger charge is -2.38. The van der Waals surface area contributed by atoms with Gasteiger partial charge in [0, 0.05) is 18.8 Å². The minimum Gasteiger partial charge on any atom is -0.333 e. The van der Waals surface area contributed by atoms with Crippen LogP contribution in [0.1, 0.15) is 44.3 Å². The van der Waals surface area contributed by atoms with Gasteiger partial charge in [-0.05, 0) is 57.8 Å². The molecule has 1 atom stereocenters. The van der Waals surface area contributed by atoms with E-state index in [2.05, 4.69) is 39.9 Å². The molecule has 1 N–H and O–H groups in total. The molecular formula is C15H26N4. The molecule has 0 unspecified atom stereocenters. The lowest BCUT2D eigenvalue weighted by Crippen LogP contribution is -2.39. The third kappa shape index (κ3) is 2.84. The number of piperidine rings is 1. The van der Waals surface area contributed by atoms with E-state index in [-0.39, 0.29) is 0 Å². The predicted octanol–water partition coefficient (Wildman–Crippen LogP) is 2.04. The van der Waals surface area contributed by atoms with Crippen LogP contribution in [-0.2, 0) is 6.54 Å². The van der Waals surface area contributed by atoms with Gasteiger partial charge in [0.2, 0.25) is 0 Å². The number of aromatic nitrogens is 2. The molecule has 3 rings (SSSR count). The molecule has 3 heterocycles. The highest BCUT2D eigenvalue weighted by atomic mass is 15.1. The fraction of sp³-hybridized carbons (Fsp3) is 0.800. The molecule has 19 heavy (non-hydrogen) atoms. The molecule has 2 aliphatic rings. The van der Waals surface area contributed by atoms with Gasteiger partial charge in [0.1, 0.15) is 0 Å². The maximum absolute atomic E-state index is 4.39. The molecule has 0 spiro atoms. The predicted molar refractivity (Wildman–Crippen MR) is 77.0 cm³/mol. The average Bonchev–Trinajstić information content (AvgIpc) is 3.03. The van der Waals surface area contributed by atoms with Gasteiger partial charge in [-0.15, -0.1) is 0 Å². The fourth-order valence-corrected chi connectivity index (χ4v) is 3.42. The van der Waals surface area contributed by atoms with Crippen LogP contribution in [0.5, 0.6) is 0 Å². The first-order chi connectivity index (χ1) is 9.16. The third-order valence-corrected chi connectivity index (χ3v) is 4.91. The van der Waals surface area contributed by atoms with Gasteiger partial charge in [0.15, 0.2) is 0 Å². The van der Waals surface area contributed by atoms with Gasteiger partial charge >= 0.3 is 0 Å². The summed E-state index contributed by atoms with van der Waals surface area (Å²) in [6.45, 7) is 7.16. The van der Waals surface area contributed by atoms with E-state index in [1.807, 2.05) is 6.33 Å². The lowest BCUT2D eigenvalue weighted by molar-refractivity contribution is 0.119. The van der Waals surface area contributed by atoms with Gasteiger partial charge < -0.3 is 14.8 Å². The molecule has 0 aromatic carbocycles. The summed E-state index contributed by atoms with van der Waals surface area (Å²) >= 11 is 0. The Balaban J connectivity index is 1.71. The van der Waals surface area contributed by atoms with Crippen molar-refractivity contribution < 1.29 is 0 Å². The quantitative estimate of drug-likeness (QED) is 0.905. The normalized spacial score (nSPS) is 27.8. The lowest BCUT2D eigenvalue weighted by atomic mass is 9.80. The van der Waals surface area contributed by atoms with E-state index >= 15 is 0 Å². The van der Waals surface area contributed by atoms with Crippen molar-refractivity contribution in [2.75, 3.05) is 26.7 Å². The molecule has 4 heteroatoms. The van der Waals surface area contributed by atoms with E-state index in [9.17, 15) is 0 Å². The number of nitrogens with one attached hydrogen (secondary N) is 1. The molecule has 0 saturated carbocycles. The maximum atomic E-state index is 4.39. The van der Waals surface area contributed by atoms with Gasteiger partial charge in [-0.1, -0.05) is 6.92 Å². The van der Waals surface area contributed by atoms with Crippen LogP contribution < -0.4 is 5.32 Å². The first-order valence-electron chi connectivity index (χ1n) is 7.58. The summed E-state index contributed by atoms with van der Waals surface area (Å²) in [5, 5.41) is 3.59. The molecule has 4 nitrogen and oxygen atoms in total. The molecule has 2 saturated heterocycles. The highest BCUT2D eigenvalue weighted by molar-refractivity contribution is 5.08. The monoisotopic (exact) mass is 262 g/mol. The Labute approximate surface area is 116 Å². The standard InChI is InChI=1S/C15H26N4/c1-15(5-8-18(2)9-6-15)11-19-12-16-10-14(19)13-4-3-7-17-13/h10,12-13,17H,3-9,11H2,1-2H3/t13-/m0/s1. The van der Waals surface area contributed by atoms with E-state index < -0.39 is 0 Å². The molecule has 2 aliphatic heterocycles. The van der Waals surface area contributed by atoms with Gasteiger partial charge in [0.25, 0.3) is 0 Å². The number of nitrogens with zero attached hydrogens (tertiary/aromatic N) is 3. The third-order valence-electron chi connectivity index (χ3n) is 4.91. The largest absolute Gasteiger partial charge is 0.333 e. The molecule has 0 amide bonds. The van der Waals surface area contributed by atoms with E-state index in [4.69, 9.17) is 0 Å². The number of rotatable bonds is 3. The summed E-state index contributed by atoms with van der Waals surface area (Å²) in [5.41, 5.74) is 1.82. The van der Waals surface area contributed by atoms with Gasteiger partial charge in [-0.25, -0.2) is 4.98 Å². The first kappa shape index (κ1) is 13.1. The van der Waals surface area contributed by atoms with E-state index in [0.717, 1.165) is 13.1 Å². The average molecular weight is 262 g/mol. The molecule has 2 fully saturated rings. The van der Waals surface area contributed by atoms with Crippen LogP contribution in [0.2, 0.25) is 0 Å². The zero-order valence-electron chi connectivity index (χ0n) is 12.2. The molecule has 0 radical (unpaired) electrons. The summed E-state index contributed by atoms with van der Waals surface area (Å²) in [7, 11) is 2.23. The van der Waals surface area contributed by atoms with E-state index in [0.29, 0.717) is 11.5 Å². The Bertz CT molecular complexity index is 412. The van der Waals surface area contributed by atoms with Crippen LogP contribution in [-0.4, -0.2) is 41.1 Å². The van der Waals surface area contributed by atoms with Gasteiger partial charge in [0.05, 0.1) is 12.0 Å². The summed E-state index contributed by atoms with van der Waals surface area (Å²) in [4.78, 5) is 6.83. The summed E-state index contributed by atoms with van der Waals surface area (Å²) in [6, 6.07) is 0.525. The summed E-state index contributed by atoms with van der Waals surface area (Å²) in [6.07, 6.45) is 9.21. The summed E-state index contributed by atoms with van der Waals surface area (Å²) < 4.78 is 2.40. The minimum absolute atomic E-state index is 0.431. The van der Waals surface area contributed by atoms with E-state index in [1.54, 1.807) is 0 Å². The number of imidazole rings is 1. The van der Waals surface area contributed by atoms with Crippen LogP contribution in [0.15, 0.2) is 12.5 Å². The Kier molecular flexibility index (Phi) is 3.63. The van der Waals surface area contributed by atoms with Crippen LogP contribution >= 0.6 is 0 Å². The Hall–Kier alpha value is -0.870.